The first-order chi connectivity index (χ1) is 25.1. The number of carboxylic acid groups (broad SMARTS) is 1. The number of halogens is 2. The lowest BCUT2D eigenvalue weighted by molar-refractivity contribution is -0.142. The highest BCUT2D eigenvalue weighted by molar-refractivity contribution is 6.30. The number of carboxylic acids is 1. The Morgan fingerprint density at radius 2 is 1.92 bits per heavy atom. The minimum atomic E-state index is -2.01. The van der Waals surface area contributed by atoms with Crippen molar-refractivity contribution in [3.63, 3.8) is 0 Å². The summed E-state index contributed by atoms with van der Waals surface area (Å²) in [5, 5.41) is 10.7. The molecule has 2 aliphatic rings. The molecular weight excluding hydrogens is 717 g/mol. The van der Waals surface area contributed by atoms with Crippen LogP contribution in [0.25, 0.3) is 22.1 Å². The standard InChI is InChI=1S/C36H41ClFN5O10/c1-20-18-42(33(47)50-14-13-49-12-9-27-40-28-23-7-5-6-8-26(23)52-29(28)30(44)41-27)11-10-36(20,38)24-15-21(37)17-39-31(24)51-22-16-25(32(45)46)43(19-22)34(48)53-35(2,3)4/h5-8,15,17,20,22,25H,9-14,16,18-19H2,1-4H3,(H,45,46)(H,40,41,44)/t20-,22-,25-,36+/m0/s1. The number of amides is 2. The van der Waals surface area contributed by atoms with Crippen LogP contribution in [0.4, 0.5) is 14.0 Å². The number of hydrogen-bond acceptors (Lipinski definition) is 11. The van der Waals surface area contributed by atoms with E-state index in [1.807, 2.05) is 18.2 Å². The third-order valence-electron chi connectivity index (χ3n) is 9.22. The molecule has 2 amide bonds. The second-order valence-electron chi connectivity index (χ2n) is 14.2. The Balaban J connectivity index is 1.01. The Morgan fingerprint density at radius 3 is 2.66 bits per heavy atom. The van der Waals surface area contributed by atoms with Gasteiger partial charge in [0, 0.05) is 49.9 Å². The number of fused-ring (bicyclic) bond motifs is 3. The van der Waals surface area contributed by atoms with Gasteiger partial charge in [-0.3, -0.25) is 9.69 Å². The highest BCUT2D eigenvalue weighted by Crippen LogP contribution is 2.45. The first kappa shape index (κ1) is 37.8. The fourth-order valence-corrected chi connectivity index (χ4v) is 6.77. The second kappa shape index (κ2) is 15.2. The maximum absolute atomic E-state index is 17.0. The SMILES string of the molecule is C[C@H]1CN(C(=O)OCCOCCc2nc3c(oc4ccccc43)c(=O)[nH]2)CC[C@]1(F)c1cc(Cl)cnc1O[C@H]1C[C@@H](C(=O)O)N(C(=O)OC(C)(C)C)C1. The van der Waals surface area contributed by atoms with Crippen LogP contribution in [-0.4, -0.2) is 105 Å². The van der Waals surface area contributed by atoms with E-state index in [2.05, 4.69) is 15.0 Å². The number of para-hydroxylation sites is 1. The molecule has 4 aromatic rings. The van der Waals surface area contributed by atoms with Gasteiger partial charge < -0.3 is 38.4 Å². The average molecular weight is 758 g/mol. The normalized spacial score (nSPS) is 22.0. The lowest BCUT2D eigenvalue weighted by atomic mass is 9.79. The van der Waals surface area contributed by atoms with Gasteiger partial charge in [-0.25, -0.2) is 28.7 Å². The smallest absolute Gasteiger partial charge is 0.411 e. The van der Waals surface area contributed by atoms with Gasteiger partial charge in [0.15, 0.2) is 0 Å². The number of rotatable bonds is 10. The summed E-state index contributed by atoms with van der Waals surface area (Å²) in [6.45, 7) is 6.86. The fraction of sp³-hybridized carbons (Fsp3) is 0.500. The van der Waals surface area contributed by atoms with Crippen molar-refractivity contribution in [2.45, 2.75) is 70.4 Å². The molecule has 53 heavy (non-hydrogen) atoms. The van der Waals surface area contributed by atoms with E-state index in [9.17, 15) is 24.3 Å². The highest BCUT2D eigenvalue weighted by Gasteiger charge is 2.48. The number of aromatic nitrogens is 3. The molecule has 0 radical (unpaired) electrons. The van der Waals surface area contributed by atoms with Crippen LogP contribution >= 0.6 is 11.6 Å². The predicted molar refractivity (Wildman–Crippen MR) is 189 cm³/mol. The van der Waals surface area contributed by atoms with Gasteiger partial charge in [0.2, 0.25) is 11.5 Å². The van der Waals surface area contributed by atoms with Crippen LogP contribution in [0.5, 0.6) is 5.88 Å². The number of carbonyl (C=O) groups excluding carboxylic acids is 2. The third kappa shape index (κ3) is 8.33. The van der Waals surface area contributed by atoms with Crippen molar-refractivity contribution < 1.29 is 47.2 Å². The van der Waals surface area contributed by atoms with E-state index in [1.54, 1.807) is 33.8 Å². The van der Waals surface area contributed by atoms with Gasteiger partial charge >= 0.3 is 18.2 Å². The molecule has 1 aromatic carbocycles. The number of ether oxygens (including phenoxy) is 4. The third-order valence-corrected chi connectivity index (χ3v) is 9.42. The van der Waals surface area contributed by atoms with Crippen LogP contribution in [0.1, 0.15) is 51.9 Å². The van der Waals surface area contributed by atoms with Gasteiger partial charge in [0.05, 0.1) is 30.3 Å². The zero-order chi connectivity index (χ0) is 38.1. The number of furan rings is 1. The number of nitrogens with one attached hydrogen (secondary N) is 1. The van der Waals surface area contributed by atoms with Gasteiger partial charge in [-0.05, 0) is 39.0 Å². The van der Waals surface area contributed by atoms with Crippen LogP contribution in [0.15, 0.2) is 45.7 Å². The number of alkyl halides is 1. The van der Waals surface area contributed by atoms with Crippen LogP contribution in [0, 0.1) is 5.92 Å². The number of aliphatic carboxylic acids is 1. The molecule has 2 N–H and O–H groups in total. The number of hydrogen-bond donors (Lipinski definition) is 2. The van der Waals surface area contributed by atoms with Gasteiger partial charge in [-0.2, -0.15) is 0 Å². The molecule has 0 spiro atoms. The Kier molecular flexibility index (Phi) is 10.8. The summed E-state index contributed by atoms with van der Waals surface area (Å²) in [5.74, 6) is -1.60. The maximum Gasteiger partial charge on any atom is 0.411 e. The first-order valence-electron chi connectivity index (χ1n) is 17.3. The molecule has 5 heterocycles. The monoisotopic (exact) mass is 757 g/mol. The molecule has 15 nitrogen and oxygen atoms in total. The summed E-state index contributed by atoms with van der Waals surface area (Å²) in [6.07, 6.45) is -0.807. The molecule has 0 aliphatic carbocycles. The zero-order valence-electron chi connectivity index (χ0n) is 29.7. The molecule has 4 atom stereocenters. The number of piperidine rings is 1. The molecule has 0 saturated carbocycles. The number of nitrogens with zero attached hydrogens (tertiary/aromatic N) is 4. The topological polar surface area (TPSA) is 187 Å². The predicted octanol–water partition coefficient (Wildman–Crippen LogP) is 5.46. The summed E-state index contributed by atoms with van der Waals surface area (Å²) in [7, 11) is 0. The average Bonchev–Trinajstić information content (AvgIpc) is 3.70. The van der Waals surface area contributed by atoms with Crippen LogP contribution < -0.4 is 10.3 Å². The Bertz CT molecular complexity index is 2070. The van der Waals surface area contributed by atoms with Crippen molar-refractivity contribution in [3.8, 4) is 5.88 Å². The molecule has 2 saturated heterocycles. The molecule has 6 rings (SSSR count). The maximum atomic E-state index is 17.0. The molecule has 2 fully saturated rings. The first-order valence-corrected chi connectivity index (χ1v) is 17.6. The lowest BCUT2D eigenvalue weighted by Gasteiger charge is -2.41. The molecule has 0 unspecified atom stereocenters. The van der Waals surface area contributed by atoms with Crippen LogP contribution in [-0.2, 0) is 31.1 Å². The van der Waals surface area contributed by atoms with Crippen molar-refractivity contribution in [2.75, 3.05) is 39.5 Å². The number of likely N-dealkylation sites (tertiary alicyclic amines) is 2. The molecule has 3 aromatic heterocycles. The van der Waals surface area contributed by atoms with Gasteiger partial charge in [-0.15, -0.1) is 0 Å². The largest absolute Gasteiger partial charge is 0.480 e. The Labute approximate surface area is 308 Å². The molecule has 17 heteroatoms. The van der Waals surface area contributed by atoms with E-state index >= 15 is 4.39 Å². The van der Waals surface area contributed by atoms with E-state index < -0.39 is 47.5 Å². The Hall–Kier alpha value is -4.96. The molecular formula is C36H41ClFN5O10. The number of H-pyrrole nitrogens is 1. The highest BCUT2D eigenvalue weighted by atomic mass is 35.5. The summed E-state index contributed by atoms with van der Waals surface area (Å²) in [6, 6.07) is 7.47. The van der Waals surface area contributed by atoms with E-state index in [0.717, 1.165) is 10.3 Å². The summed E-state index contributed by atoms with van der Waals surface area (Å²) in [4.78, 5) is 64.2. The second-order valence-corrected chi connectivity index (χ2v) is 14.6. The minimum absolute atomic E-state index is 0.0171. The Morgan fingerprint density at radius 1 is 1.15 bits per heavy atom. The lowest BCUT2D eigenvalue weighted by Crippen LogP contribution is -2.49. The van der Waals surface area contributed by atoms with Crippen LogP contribution in [0.2, 0.25) is 5.02 Å². The van der Waals surface area contributed by atoms with Gasteiger partial charge in [0.1, 0.15) is 46.9 Å². The number of carbonyl (C=O) groups is 3. The summed E-state index contributed by atoms with van der Waals surface area (Å²) < 4.78 is 45.0. The van der Waals surface area contributed by atoms with Gasteiger partial charge in [0.25, 0.3) is 5.56 Å². The van der Waals surface area contributed by atoms with Crippen molar-refractivity contribution in [2.24, 2.45) is 5.92 Å². The van der Waals surface area contributed by atoms with E-state index in [1.165, 1.54) is 17.2 Å². The van der Waals surface area contributed by atoms with Crippen molar-refractivity contribution >= 4 is 51.8 Å². The minimum Gasteiger partial charge on any atom is -0.480 e. The fourth-order valence-electron chi connectivity index (χ4n) is 6.61. The van der Waals surface area contributed by atoms with Crippen molar-refractivity contribution in [3.05, 3.63) is 63.3 Å². The molecule has 2 aliphatic heterocycles. The van der Waals surface area contributed by atoms with Crippen molar-refractivity contribution in [1.82, 2.24) is 24.8 Å². The van der Waals surface area contributed by atoms with Crippen LogP contribution in [0.3, 0.4) is 0 Å². The summed E-state index contributed by atoms with van der Waals surface area (Å²) >= 11 is 6.26. The number of benzene rings is 1. The zero-order valence-corrected chi connectivity index (χ0v) is 30.5. The quantitative estimate of drug-likeness (QED) is 0.195. The van der Waals surface area contributed by atoms with Crippen molar-refractivity contribution in [1.29, 1.82) is 0 Å². The van der Waals surface area contributed by atoms with E-state index in [-0.39, 0.29) is 79.9 Å². The van der Waals surface area contributed by atoms with E-state index in [0.29, 0.717) is 23.3 Å². The van der Waals surface area contributed by atoms with Gasteiger partial charge in [-0.1, -0.05) is 30.7 Å². The molecule has 284 valence electrons. The number of pyridine rings is 1. The summed E-state index contributed by atoms with van der Waals surface area (Å²) in [5.41, 5.74) is -1.96. The van der Waals surface area contributed by atoms with E-state index in [4.69, 9.17) is 35.0 Å². The number of aromatic amines is 1. The molecule has 0 bridgehead atoms.